The minimum atomic E-state index is -0.170. The Bertz CT molecular complexity index is 585. The maximum Gasteiger partial charge on any atom is 0.235 e. The number of hydrogen-bond acceptors (Lipinski definition) is 4. The van der Waals surface area contributed by atoms with E-state index in [0.717, 1.165) is 5.75 Å². The summed E-state index contributed by atoms with van der Waals surface area (Å²) >= 11 is 1.52. The Kier molecular flexibility index (Phi) is 5.01. The number of anilines is 1. The molecule has 2 N–H and O–H groups in total. The van der Waals surface area contributed by atoms with E-state index < -0.39 is 0 Å². The third-order valence-corrected chi connectivity index (χ3v) is 3.67. The average molecular weight is 288 g/mol. The van der Waals surface area contributed by atoms with E-state index in [1.807, 2.05) is 6.92 Å². The maximum atomic E-state index is 11.7. The van der Waals surface area contributed by atoms with E-state index in [0.29, 0.717) is 5.75 Å². The van der Waals surface area contributed by atoms with Crippen molar-refractivity contribution in [1.29, 1.82) is 0 Å². The number of nitrogens with zero attached hydrogens (tertiary/aromatic N) is 1. The van der Waals surface area contributed by atoms with Gasteiger partial charge in [-0.2, -0.15) is 0 Å². The lowest BCUT2D eigenvalue weighted by atomic mass is 10.2. The quantitative estimate of drug-likeness (QED) is 0.888. The average Bonchev–Trinajstić information content (AvgIpc) is 2.44. The van der Waals surface area contributed by atoms with E-state index in [2.05, 4.69) is 34.6 Å². The number of thioether (sulfide) groups is 1. The summed E-state index contributed by atoms with van der Waals surface area (Å²) in [7, 11) is 0. The van der Waals surface area contributed by atoms with Gasteiger partial charge in [0, 0.05) is 11.9 Å². The molecule has 104 valence electrons. The molecule has 4 nitrogen and oxygen atoms in total. The molecule has 0 atom stereocenters. The zero-order valence-electron chi connectivity index (χ0n) is 11.2. The minimum absolute atomic E-state index is 0.0237. The van der Waals surface area contributed by atoms with Crippen LogP contribution in [0.25, 0.3) is 0 Å². The number of aromatic nitrogens is 1. The number of aryl methyl sites for hydroxylation is 1. The van der Waals surface area contributed by atoms with Gasteiger partial charge in [0.15, 0.2) is 11.6 Å². The molecule has 0 aliphatic rings. The predicted molar refractivity (Wildman–Crippen MR) is 81.9 cm³/mol. The highest BCUT2D eigenvalue weighted by Gasteiger charge is 2.07. The van der Waals surface area contributed by atoms with Crippen molar-refractivity contribution in [3.05, 3.63) is 53.7 Å². The molecule has 0 unspecified atom stereocenters. The number of rotatable bonds is 5. The molecule has 5 heteroatoms. The summed E-state index contributed by atoms with van der Waals surface area (Å²) in [5.74, 6) is 1.11. The van der Waals surface area contributed by atoms with Gasteiger partial charge in [0.1, 0.15) is 0 Å². The highest BCUT2D eigenvalue weighted by molar-refractivity contribution is 7.99. The molecule has 1 aromatic carbocycles. The normalized spacial score (nSPS) is 10.2. The number of carbonyl (C=O) groups is 1. The van der Waals surface area contributed by atoms with Crippen molar-refractivity contribution < 1.29 is 9.90 Å². The molecule has 20 heavy (non-hydrogen) atoms. The SMILES string of the molecule is Cc1ccc(CSCC(=O)Nc2ncccc2O)cc1. The summed E-state index contributed by atoms with van der Waals surface area (Å²) in [6, 6.07) is 11.3. The molecule has 0 radical (unpaired) electrons. The number of hydrogen-bond donors (Lipinski definition) is 2. The van der Waals surface area contributed by atoms with Crippen LogP contribution in [0.4, 0.5) is 5.82 Å². The zero-order valence-corrected chi connectivity index (χ0v) is 12.0. The van der Waals surface area contributed by atoms with Crippen LogP contribution >= 0.6 is 11.8 Å². The Balaban J connectivity index is 1.78. The maximum absolute atomic E-state index is 11.7. The molecular formula is C15H16N2O2S. The first-order valence-corrected chi connectivity index (χ1v) is 7.38. The van der Waals surface area contributed by atoms with Crippen molar-refractivity contribution in [2.45, 2.75) is 12.7 Å². The third kappa shape index (κ3) is 4.28. The highest BCUT2D eigenvalue weighted by atomic mass is 32.2. The van der Waals surface area contributed by atoms with Crippen LogP contribution in [0.15, 0.2) is 42.6 Å². The van der Waals surface area contributed by atoms with Gasteiger partial charge < -0.3 is 10.4 Å². The molecule has 0 fully saturated rings. The number of amides is 1. The summed E-state index contributed by atoms with van der Waals surface area (Å²) in [5, 5.41) is 12.1. The van der Waals surface area contributed by atoms with Gasteiger partial charge in [-0.15, -0.1) is 11.8 Å². The Labute approximate surface area is 122 Å². The molecule has 0 spiro atoms. The smallest absolute Gasteiger partial charge is 0.235 e. The molecule has 0 aliphatic heterocycles. The predicted octanol–water partition coefficient (Wildman–Crippen LogP) is 2.97. The molecule has 2 aromatic rings. The fourth-order valence-electron chi connectivity index (χ4n) is 1.61. The summed E-state index contributed by atoms with van der Waals surface area (Å²) in [4.78, 5) is 15.6. The number of nitrogens with one attached hydrogen (secondary N) is 1. The highest BCUT2D eigenvalue weighted by Crippen LogP contribution is 2.19. The lowest BCUT2D eigenvalue weighted by molar-refractivity contribution is -0.113. The van der Waals surface area contributed by atoms with Crippen molar-refractivity contribution in [2.24, 2.45) is 0 Å². The van der Waals surface area contributed by atoms with E-state index >= 15 is 0 Å². The Morgan fingerprint density at radius 1 is 1.30 bits per heavy atom. The fraction of sp³-hybridized carbons (Fsp3) is 0.200. The second-order valence-corrected chi connectivity index (χ2v) is 5.38. The van der Waals surface area contributed by atoms with Crippen LogP contribution in [0.1, 0.15) is 11.1 Å². The first-order chi connectivity index (χ1) is 9.65. The van der Waals surface area contributed by atoms with Crippen LogP contribution in [-0.2, 0) is 10.5 Å². The van der Waals surface area contributed by atoms with Gasteiger partial charge in [0.05, 0.1) is 5.75 Å². The second-order valence-electron chi connectivity index (χ2n) is 4.40. The summed E-state index contributed by atoms with van der Waals surface area (Å²) in [5.41, 5.74) is 2.41. The summed E-state index contributed by atoms with van der Waals surface area (Å²) in [6.45, 7) is 2.05. The van der Waals surface area contributed by atoms with E-state index in [9.17, 15) is 9.90 Å². The van der Waals surface area contributed by atoms with Crippen LogP contribution in [-0.4, -0.2) is 21.8 Å². The van der Waals surface area contributed by atoms with E-state index in [1.165, 1.54) is 35.2 Å². The first-order valence-electron chi connectivity index (χ1n) is 6.22. The summed E-state index contributed by atoms with van der Waals surface area (Å²) < 4.78 is 0. The van der Waals surface area contributed by atoms with E-state index in [1.54, 1.807) is 6.07 Å². The van der Waals surface area contributed by atoms with Gasteiger partial charge in [-0.3, -0.25) is 4.79 Å². The van der Waals surface area contributed by atoms with Gasteiger partial charge in [-0.1, -0.05) is 29.8 Å². The molecule has 2 rings (SSSR count). The molecule has 0 saturated heterocycles. The molecular weight excluding hydrogens is 272 g/mol. The topological polar surface area (TPSA) is 62.2 Å². The van der Waals surface area contributed by atoms with Gasteiger partial charge in [-0.05, 0) is 24.6 Å². The lowest BCUT2D eigenvalue weighted by Gasteiger charge is -2.06. The van der Waals surface area contributed by atoms with Crippen LogP contribution < -0.4 is 5.32 Å². The number of benzene rings is 1. The van der Waals surface area contributed by atoms with E-state index in [-0.39, 0.29) is 17.5 Å². The monoisotopic (exact) mass is 288 g/mol. The van der Waals surface area contributed by atoms with Crippen LogP contribution in [0.2, 0.25) is 0 Å². The fourth-order valence-corrected chi connectivity index (χ4v) is 2.39. The van der Waals surface area contributed by atoms with Gasteiger partial charge in [-0.25, -0.2) is 4.98 Å². The molecule has 0 saturated carbocycles. The number of carbonyl (C=O) groups excluding carboxylic acids is 1. The van der Waals surface area contributed by atoms with Crippen molar-refractivity contribution in [1.82, 2.24) is 4.98 Å². The molecule has 0 bridgehead atoms. The van der Waals surface area contributed by atoms with Crippen LogP contribution in [0.5, 0.6) is 5.75 Å². The molecule has 1 amide bonds. The largest absolute Gasteiger partial charge is 0.504 e. The Morgan fingerprint density at radius 3 is 2.75 bits per heavy atom. The van der Waals surface area contributed by atoms with E-state index in [4.69, 9.17) is 0 Å². The van der Waals surface area contributed by atoms with Gasteiger partial charge >= 0.3 is 0 Å². The van der Waals surface area contributed by atoms with Crippen molar-refractivity contribution >= 4 is 23.5 Å². The molecule has 1 heterocycles. The zero-order chi connectivity index (χ0) is 14.4. The molecule has 0 aliphatic carbocycles. The van der Waals surface area contributed by atoms with Gasteiger partial charge in [0.25, 0.3) is 0 Å². The third-order valence-electron chi connectivity index (χ3n) is 2.67. The minimum Gasteiger partial charge on any atom is -0.504 e. The van der Waals surface area contributed by atoms with Crippen LogP contribution in [0, 0.1) is 6.92 Å². The number of pyridine rings is 1. The Morgan fingerprint density at radius 2 is 2.05 bits per heavy atom. The molecule has 1 aromatic heterocycles. The van der Waals surface area contributed by atoms with Crippen molar-refractivity contribution in [3.8, 4) is 5.75 Å². The number of aromatic hydroxyl groups is 1. The standard InChI is InChI=1S/C15H16N2O2S/c1-11-4-6-12(7-5-11)9-20-10-14(19)17-15-13(18)3-2-8-16-15/h2-8,18H,9-10H2,1H3,(H,16,17,19). The summed E-state index contributed by atoms with van der Waals surface area (Å²) in [6.07, 6.45) is 1.52. The lowest BCUT2D eigenvalue weighted by Crippen LogP contribution is -2.15. The van der Waals surface area contributed by atoms with Gasteiger partial charge in [0.2, 0.25) is 5.91 Å². The first kappa shape index (κ1) is 14.4. The van der Waals surface area contributed by atoms with Crippen LogP contribution in [0.3, 0.4) is 0 Å². The Hall–Kier alpha value is -2.01. The second kappa shape index (κ2) is 6.96. The van der Waals surface area contributed by atoms with Crippen molar-refractivity contribution in [2.75, 3.05) is 11.1 Å². The van der Waals surface area contributed by atoms with Crippen molar-refractivity contribution in [3.63, 3.8) is 0 Å².